The van der Waals surface area contributed by atoms with Gasteiger partial charge in [-0.15, -0.1) is 4.57 Å². The summed E-state index contributed by atoms with van der Waals surface area (Å²) in [6.45, 7) is 1.05. The molecule has 1 aromatic heterocycles. The lowest BCUT2D eigenvalue weighted by Crippen LogP contribution is -2.33. The molecule has 0 saturated heterocycles. The SMILES string of the molecule is COc1ccc2c(C=C3Sc4cccc5c4N3CCC5)cc(Cl)[n+](-c3ccccc3)c2c1. The van der Waals surface area contributed by atoms with E-state index in [1.54, 1.807) is 7.11 Å². The first-order chi connectivity index (χ1) is 15.7. The molecule has 0 bridgehead atoms. The molecule has 2 aliphatic heterocycles. The fourth-order valence-corrected chi connectivity index (χ4v) is 6.23. The first-order valence-corrected chi connectivity index (χ1v) is 12.0. The van der Waals surface area contributed by atoms with E-state index in [9.17, 15) is 0 Å². The van der Waals surface area contributed by atoms with Crippen molar-refractivity contribution >= 4 is 46.0 Å². The average molecular weight is 458 g/mol. The number of anilines is 1. The minimum Gasteiger partial charge on any atom is -0.497 e. The summed E-state index contributed by atoms with van der Waals surface area (Å²) in [5.41, 5.74) is 6.00. The van der Waals surface area contributed by atoms with Gasteiger partial charge in [0, 0.05) is 29.6 Å². The molecular formula is C27H22ClN2OS+. The third kappa shape index (κ3) is 3.17. The summed E-state index contributed by atoms with van der Waals surface area (Å²) in [6.07, 6.45) is 4.62. The van der Waals surface area contributed by atoms with Gasteiger partial charge in [-0.3, -0.25) is 0 Å². The fraction of sp³-hybridized carbons (Fsp3) is 0.148. The van der Waals surface area contributed by atoms with E-state index < -0.39 is 0 Å². The second kappa shape index (κ2) is 7.88. The topological polar surface area (TPSA) is 16.4 Å². The van der Waals surface area contributed by atoms with Gasteiger partial charge in [0.05, 0.1) is 29.3 Å². The van der Waals surface area contributed by atoms with Crippen molar-refractivity contribution in [3.05, 3.63) is 94.1 Å². The summed E-state index contributed by atoms with van der Waals surface area (Å²) in [5.74, 6) is 0.811. The molecule has 5 heteroatoms. The molecule has 3 heterocycles. The third-order valence-corrected chi connectivity index (χ3v) is 7.57. The molecule has 0 aliphatic carbocycles. The molecular weight excluding hydrogens is 436 g/mol. The van der Waals surface area contributed by atoms with Gasteiger partial charge in [-0.05, 0) is 59.8 Å². The summed E-state index contributed by atoms with van der Waals surface area (Å²) in [4.78, 5) is 3.82. The molecule has 158 valence electrons. The molecule has 4 aromatic rings. The number of thioether (sulfide) groups is 1. The predicted molar refractivity (Wildman–Crippen MR) is 133 cm³/mol. The lowest BCUT2D eigenvalue weighted by atomic mass is 10.0. The number of methoxy groups -OCH3 is 1. The van der Waals surface area contributed by atoms with Crippen LogP contribution >= 0.6 is 23.4 Å². The lowest BCUT2D eigenvalue weighted by Gasteiger charge is -2.27. The maximum atomic E-state index is 6.89. The number of para-hydroxylation sites is 2. The number of hydrogen-bond acceptors (Lipinski definition) is 3. The number of fused-ring (bicyclic) bond motifs is 1. The van der Waals surface area contributed by atoms with Crippen LogP contribution in [0.2, 0.25) is 5.15 Å². The summed E-state index contributed by atoms with van der Waals surface area (Å²) < 4.78 is 7.62. The largest absolute Gasteiger partial charge is 0.497 e. The van der Waals surface area contributed by atoms with Crippen LogP contribution in [0.3, 0.4) is 0 Å². The van der Waals surface area contributed by atoms with Gasteiger partial charge in [0.15, 0.2) is 0 Å². The van der Waals surface area contributed by atoms with E-state index in [0.717, 1.165) is 40.9 Å². The van der Waals surface area contributed by atoms with Gasteiger partial charge in [-0.2, -0.15) is 0 Å². The smallest absolute Gasteiger partial charge is 0.281 e. The molecule has 0 amide bonds. The van der Waals surface area contributed by atoms with Gasteiger partial charge in [-0.25, -0.2) is 0 Å². The van der Waals surface area contributed by atoms with E-state index in [1.165, 1.54) is 27.6 Å². The second-order valence-electron chi connectivity index (χ2n) is 8.08. The zero-order valence-electron chi connectivity index (χ0n) is 17.7. The summed E-state index contributed by atoms with van der Waals surface area (Å²) >= 11 is 8.75. The Kier molecular flexibility index (Phi) is 4.85. The number of rotatable bonds is 3. The van der Waals surface area contributed by atoms with E-state index in [1.807, 2.05) is 36.0 Å². The first-order valence-electron chi connectivity index (χ1n) is 10.8. The minimum atomic E-state index is 0.670. The molecule has 0 radical (unpaired) electrons. The summed E-state index contributed by atoms with van der Waals surface area (Å²) in [6, 6.07) is 25.2. The number of pyridine rings is 1. The minimum absolute atomic E-state index is 0.670. The van der Waals surface area contributed by atoms with E-state index in [4.69, 9.17) is 16.3 Å². The highest BCUT2D eigenvalue weighted by molar-refractivity contribution is 8.03. The van der Waals surface area contributed by atoms with Gasteiger partial charge >= 0.3 is 0 Å². The van der Waals surface area contributed by atoms with Crippen LogP contribution in [0, 0.1) is 0 Å². The molecule has 0 spiro atoms. The molecule has 0 saturated carbocycles. The molecule has 0 N–H and O–H groups in total. The standard InChI is InChI=1S/C27H22ClN2OS/c1-31-21-12-13-22-19(15-25(28)30(23(22)17-21)20-9-3-2-4-10-20)16-26-29-14-6-8-18-7-5-11-24(32-26)27(18)29/h2-5,7,9-13,15-17H,6,8,14H2,1H3/q+1. The lowest BCUT2D eigenvalue weighted by molar-refractivity contribution is -0.564. The van der Waals surface area contributed by atoms with Crippen LogP contribution < -0.4 is 14.2 Å². The van der Waals surface area contributed by atoms with Crippen molar-refractivity contribution in [1.82, 2.24) is 0 Å². The van der Waals surface area contributed by atoms with Crippen LogP contribution in [0.1, 0.15) is 17.5 Å². The highest BCUT2D eigenvalue weighted by atomic mass is 35.5. The predicted octanol–water partition coefficient (Wildman–Crippen LogP) is 6.64. The van der Waals surface area contributed by atoms with Crippen LogP contribution in [0.25, 0.3) is 22.7 Å². The molecule has 32 heavy (non-hydrogen) atoms. The highest BCUT2D eigenvalue weighted by Gasteiger charge is 2.30. The van der Waals surface area contributed by atoms with Crippen LogP contribution in [-0.4, -0.2) is 13.7 Å². The Morgan fingerprint density at radius 1 is 1.03 bits per heavy atom. The Hall–Kier alpha value is -2.95. The third-order valence-electron chi connectivity index (χ3n) is 6.20. The van der Waals surface area contributed by atoms with Crippen molar-refractivity contribution in [1.29, 1.82) is 0 Å². The van der Waals surface area contributed by atoms with Gasteiger partial charge < -0.3 is 9.64 Å². The Labute approximate surface area is 196 Å². The van der Waals surface area contributed by atoms with Crippen LogP contribution in [0.4, 0.5) is 5.69 Å². The van der Waals surface area contributed by atoms with Gasteiger partial charge in [-0.1, -0.05) is 42.1 Å². The average Bonchev–Trinajstić information content (AvgIpc) is 3.18. The van der Waals surface area contributed by atoms with Crippen LogP contribution in [0.15, 0.2) is 82.7 Å². The quantitative estimate of drug-likeness (QED) is 0.253. The Balaban J connectivity index is 1.55. The molecule has 3 aromatic carbocycles. The van der Waals surface area contributed by atoms with Gasteiger partial charge in [0.1, 0.15) is 5.75 Å². The molecule has 0 atom stereocenters. The van der Waals surface area contributed by atoms with Crippen molar-refractivity contribution in [2.75, 3.05) is 18.6 Å². The number of ether oxygens (including phenoxy) is 1. The molecule has 0 unspecified atom stereocenters. The maximum Gasteiger partial charge on any atom is 0.281 e. The van der Waals surface area contributed by atoms with Crippen molar-refractivity contribution < 1.29 is 9.30 Å². The highest BCUT2D eigenvalue weighted by Crippen LogP contribution is 2.50. The van der Waals surface area contributed by atoms with Crippen molar-refractivity contribution in [2.45, 2.75) is 17.7 Å². The van der Waals surface area contributed by atoms with Crippen LogP contribution in [0.5, 0.6) is 5.75 Å². The first kappa shape index (κ1) is 19.7. The number of halogens is 1. The van der Waals surface area contributed by atoms with E-state index in [-0.39, 0.29) is 0 Å². The van der Waals surface area contributed by atoms with Crippen LogP contribution in [-0.2, 0) is 6.42 Å². The molecule has 6 rings (SSSR count). The van der Waals surface area contributed by atoms with Gasteiger partial charge in [0.25, 0.3) is 5.15 Å². The number of nitrogens with zero attached hydrogens (tertiary/aromatic N) is 2. The Bertz CT molecular complexity index is 1380. The molecule has 2 aliphatic rings. The molecule has 3 nitrogen and oxygen atoms in total. The zero-order valence-corrected chi connectivity index (χ0v) is 19.3. The molecule has 0 fully saturated rings. The van der Waals surface area contributed by atoms with E-state index in [2.05, 4.69) is 64.1 Å². The van der Waals surface area contributed by atoms with Crippen molar-refractivity contribution in [3.8, 4) is 11.4 Å². The van der Waals surface area contributed by atoms with Crippen molar-refractivity contribution in [3.63, 3.8) is 0 Å². The van der Waals surface area contributed by atoms with Gasteiger partial charge in [0.2, 0.25) is 11.2 Å². The number of hydrogen-bond donors (Lipinski definition) is 0. The summed E-state index contributed by atoms with van der Waals surface area (Å²) in [7, 11) is 1.70. The van der Waals surface area contributed by atoms with E-state index >= 15 is 0 Å². The number of aryl methyl sites for hydroxylation is 1. The Morgan fingerprint density at radius 2 is 1.91 bits per heavy atom. The zero-order chi connectivity index (χ0) is 21.7. The summed E-state index contributed by atoms with van der Waals surface area (Å²) in [5, 5.41) is 3.07. The number of benzene rings is 3. The number of aromatic nitrogens is 1. The second-order valence-corrected chi connectivity index (χ2v) is 9.53. The van der Waals surface area contributed by atoms with Crippen molar-refractivity contribution in [2.24, 2.45) is 0 Å². The fourth-order valence-electron chi connectivity index (χ4n) is 4.74. The maximum absolute atomic E-state index is 6.89. The Morgan fingerprint density at radius 3 is 2.75 bits per heavy atom. The normalized spacial score (nSPS) is 15.9. The van der Waals surface area contributed by atoms with E-state index in [0.29, 0.717) is 5.15 Å². The monoisotopic (exact) mass is 457 g/mol.